The number of para-hydroxylation sites is 2. The number of rotatable bonds is 8. The minimum absolute atomic E-state index is 0.0341. The van der Waals surface area contributed by atoms with Gasteiger partial charge in [-0.3, -0.25) is 4.79 Å². The van der Waals surface area contributed by atoms with Gasteiger partial charge >= 0.3 is 0 Å². The first-order valence-electron chi connectivity index (χ1n) is 10.0. The van der Waals surface area contributed by atoms with Crippen molar-refractivity contribution in [2.24, 2.45) is 0 Å². The van der Waals surface area contributed by atoms with E-state index in [1.54, 1.807) is 18.2 Å². The molecule has 1 unspecified atom stereocenters. The Kier molecular flexibility index (Phi) is 6.18. The maximum Gasteiger partial charge on any atom is 0.191 e. The number of aromatic nitrogens is 2. The lowest BCUT2D eigenvalue weighted by molar-refractivity contribution is -0.127. The fourth-order valence-corrected chi connectivity index (χ4v) is 3.29. The molecule has 162 valence electrons. The lowest BCUT2D eigenvalue weighted by atomic mass is 10.0. The topological polar surface area (TPSA) is 76.7 Å². The van der Waals surface area contributed by atoms with Crippen molar-refractivity contribution in [3.05, 3.63) is 60.3 Å². The summed E-state index contributed by atoms with van der Waals surface area (Å²) in [5.41, 5.74) is 1.33. The minimum Gasteiger partial charge on any atom is -0.492 e. The van der Waals surface area contributed by atoms with E-state index in [1.165, 1.54) is 18.6 Å². The van der Waals surface area contributed by atoms with E-state index >= 15 is 0 Å². The molecule has 2 heterocycles. The summed E-state index contributed by atoms with van der Waals surface area (Å²) in [5.74, 6) is 0.918. The third-order valence-corrected chi connectivity index (χ3v) is 4.97. The molecule has 1 aliphatic heterocycles. The summed E-state index contributed by atoms with van der Waals surface area (Å²) in [7, 11) is 3.87. The van der Waals surface area contributed by atoms with Crippen LogP contribution in [-0.4, -0.2) is 60.6 Å². The number of fused-ring (bicyclic) bond motifs is 1. The van der Waals surface area contributed by atoms with Gasteiger partial charge < -0.3 is 24.1 Å². The number of benzene rings is 2. The summed E-state index contributed by atoms with van der Waals surface area (Å²) < 4.78 is 32.2. The molecule has 8 heteroatoms. The first-order chi connectivity index (χ1) is 15.0. The number of Topliss-reactive ketones (excluding diaryl/α,β-unsaturated/α-hetero) is 1. The van der Waals surface area contributed by atoms with E-state index in [0.29, 0.717) is 47.2 Å². The van der Waals surface area contributed by atoms with Crippen LogP contribution >= 0.6 is 0 Å². The van der Waals surface area contributed by atoms with Gasteiger partial charge in [0.1, 0.15) is 24.8 Å². The van der Waals surface area contributed by atoms with Crippen molar-refractivity contribution in [3.63, 3.8) is 0 Å². The quantitative estimate of drug-likeness (QED) is 0.598. The number of nitrogens with zero attached hydrogens (tertiary/aromatic N) is 2. The molecule has 0 radical (unpaired) electrons. The van der Waals surface area contributed by atoms with Crippen LogP contribution in [0.3, 0.4) is 0 Å². The number of hydrogen-bond acceptors (Lipinski definition) is 6. The van der Waals surface area contributed by atoms with Crippen molar-refractivity contribution in [2.45, 2.75) is 12.5 Å². The Morgan fingerprint density at radius 1 is 1.29 bits per heavy atom. The van der Waals surface area contributed by atoms with E-state index in [9.17, 15) is 9.18 Å². The van der Waals surface area contributed by atoms with Crippen molar-refractivity contribution in [1.82, 2.24) is 14.9 Å². The summed E-state index contributed by atoms with van der Waals surface area (Å²) in [6.07, 6.45) is 2.22. The molecule has 1 aromatic heterocycles. The van der Waals surface area contributed by atoms with Crippen LogP contribution in [0.5, 0.6) is 17.2 Å². The molecule has 7 nitrogen and oxygen atoms in total. The Labute approximate surface area is 179 Å². The number of halogens is 1. The molecule has 3 aromatic rings. The molecule has 0 saturated carbocycles. The normalized spacial score (nSPS) is 15.2. The number of ether oxygens (including phenoxy) is 3. The molecular formula is C23H24FN3O4. The summed E-state index contributed by atoms with van der Waals surface area (Å²) in [4.78, 5) is 21.8. The zero-order valence-corrected chi connectivity index (χ0v) is 17.4. The predicted octanol–water partition coefficient (Wildman–Crippen LogP) is 3.11. The standard InChI is InChI=1S/C23H24FN3O4/c1-27(2)7-8-29-22-11-16(18-12-25-14-26-18)17(24)9-15(22)10-19(28)23-13-30-20-5-3-4-6-21(20)31-23/h3-6,9,11-12,14,23H,7-8,10,13H2,1-2H3,(H,25,26). The van der Waals surface area contributed by atoms with Crippen LogP contribution < -0.4 is 14.2 Å². The van der Waals surface area contributed by atoms with Crippen molar-refractivity contribution < 1.29 is 23.4 Å². The van der Waals surface area contributed by atoms with Crippen molar-refractivity contribution in [1.29, 1.82) is 0 Å². The zero-order chi connectivity index (χ0) is 21.8. The molecular weight excluding hydrogens is 401 g/mol. The smallest absolute Gasteiger partial charge is 0.191 e. The number of nitrogens with one attached hydrogen (secondary N) is 1. The fourth-order valence-electron chi connectivity index (χ4n) is 3.29. The van der Waals surface area contributed by atoms with Crippen LogP contribution in [0.25, 0.3) is 11.3 Å². The predicted molar refractivity (Wildman–Crippen MR) is 113 cm³/mol. The lowest BCUT2D eigenvalue weighted by Gasteiger charge is -2.25. The molecule has 0 spiro atoms. The summed E-state index contributed by atoms with van der Waals surface area (Å²) in [6, 6.07) is 10.1. The molecule has 31 heavy (non-hydrogen) atoms. The van der Waals surface area contributed by atoms with Crippen LogP contribution in [0.2, 0.25) is 0 Å². The molecule has 0 bridgehead atoms. The van der Waals surface area contributed by atoms with Gasteiger partial charge in [0.25, 0.3) is 0 Å². The van der Waals surface area contributed by atoms with E-state index in [0.717, 1.165) is 0 Å². The zero-order valence-electron chi connectivity index (χ0n) is 17.4. The highest BCUT2D eigenvalue weighted by Gasteiger charge is 2.28. The van der Waals surface area contributed by atoms with Crippen molar-refractivity contribution in [3.8, 4) is 28.5 Å². The van der Waals surface area contributed by atoms with Gasteiger partial charge in [-0.15, -0.1) is 0 Å². The van der Waals surface area contributed by atoms with Gasteiger partial charge in [0.2, 0.25) is 0 Å². The van der Waals surface area contributed by atoms with Crippen molar-refractivity contribution >= 4 is 5.78 Å². The number of ketones is 1. The summed E-state index contributed by atoms with van der Waals surface area (Å²) in [5, 5.41) is 0. The van der Waals surface area contributed by atoms with Gasteiger partial charge in [-0.25, -0.2) is 9.37 Å². The highest BCUT2D eigenvalue weighted by Crippen LogP contribution is 2.33. The molecule has 0 aliphatic carbocycles. The van der Waals surface area contributed by atoms with Crippen LogP contribution in [0, 0.1) is 5.82 Å². The molecule has 1 atom stereocenters. The number of hydrogen-bond donors (Lipinski definition) is 1. The van der Waals surface area contributed by atoms with Gasteiger partial charge in [-0.2, -0.15) is 0 Å². The second-order valence-electron chi connectivity index (χ2n) is 7.56. The van der Waals surface area contributed by atoms with E-state index in [1.807, 2.05) is 31.1 Å². The maximum absolute atomic E-state index is 14.9. The third-order valence-electron chi connectivity index (χ3n) is 4.97. The third kappa shape index (κ3) is 4.86. The van der Waals surface area contributed by atoms with Crippen LogP contribution in [0.1, 0.15) is 5.56 Å². The Morgan fingerprint density at radius 2 is 2.10 bits per heavy atom. The number of aromatic amines is 1. The number of carbonyl (C=O) groups is 1. The lowest BCUT2D eigenvalue weighted by Crippen LogP contribution is -2.37. The molecule has 0 amide bonds. The Bertz CT molecular complexity index is 1050. The molecule has 1 aliphatic rings. The largest absolute Gasteiger partial charge is 0.492 e. The Morgan fingerprint density at radius 3 is 2.84 bits per heavy atom. The Balaban J connectivity index is 1.56. The monoisotopic (exact) mass is 425 g/mol. The number of H-pyrrole nitrogens is 1. The first kappa shape index (κ1) is 20.9. The highest BCUT2D eigenvalue weighted by atomic mass is 19.1. The van der Waals surface area contributed by atoms with Crippen LogP contribution in [-0.2, 0) is 11.2 Å². The fraction of sp³-hybridized carbons (Fsp3) is 0.304. The van der Waals surface area contributed by atoms with Crippen LogP contribution in [0.4, 0.5) is 4.39 Å². The van der Waals surface area contributed by atoms with E-state index < -0.39 is 11.9 Å². The van der Waals surface area contributed by atoms with Gasteiger partial charge in [-0.1, -0.05) is 12.1 Å². The first-order valence-corrected chi connectivity index (χ1v) is 10.0. The SMILES string of the molecule is CN(C)CCOc1cc(-c2cnc[nH]2)c(F)cc1CC(=O)C1COc2ccccc2O1. The summed E-state index contributed by atoms with van der Waals surface area (Å²) in [6.45, 7) is 1.19. The highest BCUT2D eigenvalue weighted by molar-refractivity contribution is 5.87. The molecule has 4 rings (SSSR count). The minimum atomic E-state index is -0.764. The average Bonchev–Trinajstić information content (AvgIpc) is 3.29. The molecule has 0 saturated heterocycles. The van der Waals surface area contributed by atoms with E-state index in [2.05, 4.69) is 9.97 Å². The van der Waals surface area contributed by atoms with Gasteiger partial charge in [0.05, 0.1) is 18.2 Å². The average molecular weight is 425 g/mol. The van der Waals surface area contributed by atoms with E-state index in [-0.39, 0.29) is 18.8 Å². The van der Waals surface area contributed by atoms with Gasteiger partial charge in [0.15, 0.2) is 23.4 Å². The molecule has 1 N–H and O–H groups in total. The second-order valence-corrected chi connectivity index (χ2v) is 7.56. The number of imidazole rings is 1. The summed E-state index contributed by atoms with van der Waals surface area (Å²) >= 11 is 0. The maximum atomic E-state index is 14.9. The van der Waals surface area contributed by atoms with Gasteiger partial charge in [0, 0.05) is 24.1 Å². The number of carbonyl (C=O) groups excluding carboxylic acids is 1. The van der Waals surface area contributed by atoms with Crippen LogP contribution in [0.15, 0.2) is 48.9 Å². The Hall–Kier alpha value is -3.39. The van der Waals surface area contributed by atoms with Gasteiger partial charge in [-0.05, 0) is 38.4 Å². The van der Waals surface area contributed by atoms with E-state index in [4.69, 9.17) is 14.2 Å². The molecule has 2 aromatic carbocycles. The number of likely N-dealkylation sites (N-methyl/N-ethyl adjacent to an activating group) is 1. The second kappa shape index (κ2) is 9.18. The van der Waals surface area contributed by atoms with Crippen molar-refractivity contribution in [2.75, 3.05) is 33.9 Å². The molecule has 0 fully saturated rings.